The summed E-state index contributed by atoms with van der Waals surface area (Å²) in [4.78, 5) is 21.0. The number of anilines is 3. The van der Waals surface area contributed by atoms with Gasteiger partial charge in [0.15, 0.2) is 5.82 Å². The molecule has 2 N–H and O–H groups in total. The lowest BCUT2D eigenvalue weighted by molar-refractivity contribution is 0.736. The lowest BCUT2D eigenvalue weighted by Crippen LogP contribution is -2.28. The second-order valence-electron chi connectivity index (χ2n) is 8.83. The van der Waals surface area contributed by atoms with Gasteiger partial charge in [0.1, 0.15) is 23.2 Å². The van der Waals surface area contributed by atoms with Crippen LogP contribution in [-0.4, -0.2) is 47.1 Å². The molecule has 0 unspecified atom stereocenters. The van der Waals surface area contributed by atoms with E-state index in [1.807, 2.05) is 20.9 Å². The first-order valence-electron chi connectivity index (χ1n) is 11.0. The quantitative estimate of drug-likeness (QED) is 0.609. The molecule has 2 heterocycles. The highest BCUT2D eigenvalue weighted by Gasteiger charge is 2.20. The molecule has 166 valence electrons. The molecule has 0 aromatic carbocycles. The molecule has 0 bridgehead atoms. The summed E-state index contributed by atoms with van der Waals surface area (Å²) in [5.74, 6) is 4.46. The Bertz CT molecular complexity index is 859. The maximum Gasteiger partial charge on any atom is 0.153 e. The van der Waals surface area contributed by atoms with Crippen LogP contribution in [0.3, 0.4) is 0 Å². The molecule has 0 aliphatic carbocycles. The van der Waals surface area contributed by atoms with Crippen LogP contribution in [-0.2, 0) is 0 Å². The Morgan fingerprint density at radius 2 is 1.30 bits per heavy atom. The SMILES string of the molecule is CNc1nc(C)nc(C(C)C)c1N(C)CCNc1nc(C)nc(C(C)C)c1C(C)C. The second-order valence-corrected chi connectivity index (χ2v) is 8.83. The topological polar surface area (TPSA) is 78.9 Å². The van der Waals surface area contributed by atoms with Crippen molar-refractivity contribution in [3.63, 3.8) is 0 Å². The van der Waals surface area contributed by atoms with E-state index in [2.05, 4.69) is 69.1 Å². The van der Waals surface area contributed by atoms with Gasteiger partial charge in [0, 0.05) is 32.7 Å². The monoisotopic (exact) mass is 413 g/mol. The van der Waals surface area contributed by atoms with Crippen molar-refractivity contribution in [1.29, 1.82) is 0 Å². The average molecular weight is 414 g/mol. The van der Waals surface area contributed by atoms with E-state index in [0.717, 1.165) is 53.4 Å². The molecule has 0 aliphatic rings. The Kier molecular flexibility index (Phi) is 7.98. The summed E-state index contributed by atoms with van der Waals surface area (Å²) in [7, 11) is 4.00. The van der Waals surface area contributed by atoms with Gasteiger partial charge in [-0.25, -0.2) is 19.9 Å². The van der Waals surface area contributed by atoms with Gasteiger partial charge in [-0.2, -0.15) is 0 Å². The Morgan fingerprint density at radius 1 is 0.767 bits per heavy atom. The van der Waals surface area contributed by atoms with Crippen LogP contribution < -0.4 is 15.5 Å². The van der Waals surface area contributed by atoms with Crippen molar-refractivity contribution in [2.24, 2.45) is 0 Å². The molecular weight excluding hydrogens is 374 g/mol. The maximum atomic E-state index is 4.72. The van der Waals surface area contributed by atoms with Crippen LogP contribution in [0.25, 0.3) is 0 Å². The number of aromatic nitrogens is 4. The van der Waals surface area contributed by atoms with Crippen LogP contribution in [0.15, 0.2) is 0 Å². The van der Waals surface area contributed by atoms with Crippen LogP contribution >= 0.6 is 0 Å². The molecule has 7 heteroatoms. The largest absolute Gasteiger partial charge is 0.371 e. The minimum absolute atomic E-state index is 0.315. The van der Waals surface area contributed by atoms with E-state index >= 15 is 0 Å². The van der Waals surface area contributed by atoms with E-state index in [1.54, 1.807) is 0 Å². The Morgan fingerprint density at radius 3 is 1.80 bits per heavy atom. The summed E-state index contributed by atoms with van der Waals surface area (Å²) >= 11 is 0. The van der Waals surface area contributed by atoms with Gasteiger partial charge in [0.25, 0.3) is 0 Å². The van der Waals surface area contributed by atoms with Gasteiger partial charge in [-0.3, -0.25) is 0 Å². The average Bonchev–Trinajstić information content (AvgIpc) is 2.65. The molecule has 7 nitrogen and oxygen atoms in total. The van der Waals surface area contributed by atoms with Crippen LogP contribution in [0.4, 0.5) is 17.3 Å². The number of nitrogens with one attached hydrogen (secondary N) is 2. The minimum atomic E-state index is 0.315. The maximum absolute atomic E-state index is 4.72. The highest BCUT2D eigenvalue weighted by Crippen LogP contribution is 2.32. The van der Waals surface area contributed by atoms with E-state index in [0.29, 0.717) is 17.8 Å². The van der Waals surface area contributed by atoms with Gasteiger partial charge >= 0.3 is 0 Å². The van der Waals surface area contributed by atoms with Gasteiger partial charge in [0.05, 0.1) is 11.4 Å². The first kappa shape index (κ1) is 23.8. The number of hydrogen-bond acceptors (Lipinski definition) is 7. The lowest BCUT2D eigenvalue weighted by atomic mass is 9.95. The van der Waals surface area contributed by atoms with Gasteiger partial charge in [-0.05, 0) is 31.6 Å². The summed E-state index contributed by atoms with van der Waals surface area (Å²) in [6, 6.07) is 0. The molecule has 0 saturated heterocycles. The van der Waals surface area contributed by atoms with Crippen molar-refractivity contribution < 1.29 is 0 Å². The molecule has 0 spiro atoms. The zero-order chi connectivity index (χ0) is 22.6. The number of rotatable bonds is 9. The lowest BCUT2D eigenvalue weighted by Gasteiger charge is -2.26. The highest BCUT2D eigenvalue weighted by molar-refractivity contribution is 5.69. The predicted octanol–water partition coefficient (Wildman–Crippen LogP) is 4.84. The third-order valence-electron chi connectivity index (χ3n) is 5.14. The number of nitrogens with zero attached hydrogens (tertiary/aromatic N) is 5. The third-order valence-corrected chi connectivity index (χ3v) is 5.14. The molecule has 0 fully saturated rings. The summed E-state index contributed by atoms with van der Waals surface area (Å²) < 4.78 is 0. The number of hydrogen-bond donors (Lipinski definition) is 2. The summed E-state index contributed by atoms with van der Waals surface area (Å²) in [6.45, 7) is 18.6. The van der Waals surface area contributed by atoms with Crippen molar-refractivity contribution in [3.8, 4) is 0 Å². The number of aryl methyl sites for hydroxylation is 2. The Balaban J connectivity index is 2.26. The zero-order valence-corrected chi connectivity index (χ0v) is 20.4. The van der Waals surface area contributed by atoms with Gasteiger partial charge < -0.3 is 15.5 Å². The van der Waals surface area contributed by atoms with Gasteiger partial charge in [-0.1, -0.05) is 41.5 Å². The van der Waals surface area contributed by atoms with E-state index in [9.17, 15) is 0 Å². The van der Waals surface area contributed by atoms with E-state index in [-0.39, 0.29) is 0 Å². The fourth-order valence-electron chi connectivity index (χ4n) is 3.74. The molecule has 2 aromatic rings. The van der Waals surface area contributed by atoms with Crippen molar-refractivity contribution in [2.45, 2.75) is 73.1 Å². The van der Waals surface area contributed by atoms with E-state index < -0.39 is 0 Å². The van der Waals surface area contributed by atoms with Crippen molar-refractivity contribution in [2.75, 3.05) is 42.7 Å². The molecule has 0 atom stereocenters. The van der Waals surface area contributed by atoms with Crippen molar-refractivity contribution >= 4 is 17.3 Å². The van der Waals surface area contributed by atoms with Crippen molar-refractivity contribution in [3.05, 3.63) is 28.6 Å². The smallest absolute Gasteiger partial charge is 0.153 e. The summed E-state index contributed by atoms with van der Waals surface area (Å²) in [6.07, 6.45) is 0. The molecule has 2 aromatic heterocycles. The summed E-state index contributed by atoms with van der Waals surface area (Å²) in [5, 5.41) is 6.81. The van der Waals surface area contributed by atoms with Crippen LogP contribution in [0.2, 0.25) is 0 Å². The fraction of sp³-hybridized carbons (Fsp3) is 0.652. The van der Waals surface area contributed by atoms with Gasteiger partial charge in [0.2, 0.25) is 0 Å². The molecule has 30 heavy (non-hydrogen) atoms. The first-order chi connectivity index (χ1) is 14.1. The molecule has 0 radical (unpaired) electrons. The molecule has 0 saturated carbocycles. The first-order valence-corrected chi connectivity index (χ1v) is 11.0. The molecule has 0 aliphatic heterocycles. The van der Waals surface area contributed by atoms with E-state index in [4.69, 9.17) is 15.0 Å². The summed E-state index contributed by atoms with van der Waals surface area (Å²) in [5.41, 5.74) is 4.48. The molecular formula is C23H39N7. The van der Waals surface area contributed by atoms with Crippen LogP contribution in [0, 0.1) is 13.8 Å². The number of likely N-dealkylation sites (N-methyl/N-ethyl adjacent to an activating group) is 1. The molecule has 2 rings (SSSR count). The Labute approximate surface area is 182 Å². The van der Waals surface area contributed by atoms with Crippen LogP contribution in [0.5, 0.6) is 0 Å². The van der Waals surface area contributed by atoms with Crippen LogP contribution in [0.1, 0.15) is 87.9 Å². The standard InChI is InChI=1S/C23H39N7/c1-13(2)18-19(14(3)4)26-16(7)28-22(18)25-11-12-30(10)21-20(15(5)6)27-17(8)29-23(21)24-9/h13-15H,11-12H2,1-10H3,(H,24,27,29)(H,25,26,28). The molecule has 0 amide bonds. The van der Waals surface area contributed by atoms with Crippen molar-refractivity contribution in [1.82, 2.24) is 19.9 Å². The highest BCUT2D eigenvalue weighted by atomic mass is 15.2. The van der Waals surface area contributed by atoms with E-state index in [1.165, 1.54) is 5.56 Å². The normalized spacial score (nSPS) is 11.5. The zero-order valence-electron chi connectivity index (χ0n) is 20.4. The second kappa shape index (κ2) is 10.0. The third kappa shape index (κ3) is 5.37. The predicted molar refractivity (Wildman–Crippen MR) is 127 cm³/mol. The fourth-order valence-corrected chi connectivity index (χ4v) is 3.74. The Hall–Kier alpha value is -2.44. The van der Waals surface area contributed by atoms with Gasteiger partial charge in [-0.15, -0.1) is 0 Å². The minimum Gasteiger partial charge on any atom is -0.371 e.